The standard InChI is InChI=1S/C17H15ClFN3O3/c18-17-21-14-12(16(22-17)20-6-11-2-1-5-24-11)3-4-13(19)15(14)25-9-10-7-23-8-10/h1-5,10H,6-9H2,(H,20,21,22). The molecule has 1 N–H and O–H groups in total. The van der Waals surface area contributed by atoms with Crippen molar-refractivity contribution in [2.75, 3.05) is 25.1 Å². The molecule has 130 valence electrons. The maximum absolute atomic E-state index is 14.3. The maximum Gasteiger partial charge on any atom is 0.225 e. The van der Waals surface area contributed by atoms with Gasteiger partial charge in [0.15, 0.2) is 11.6 Å². The van der Waals surface area contributed by atoms with Crippen molar-refractivity contribution in [3.63, 3.8) is 0 Å². The third-order valence-corrected chi connectivity index (χ3v) is 4.10. The molecule has 0 bridgehead atoms. The average molecular weight is 364 g/mol. The first kappa shape index (κ1) is 16.1. The predicted molar refractivity (Wildman–Crippen MR) is 90.3 cm³/mol. The topological polar surface area (TPSA) is 69.4 Å². The largest absolute Gasteiger partial charge is 0.488 e. The monoisotopic (exact) mass is 363 g/mol. The molecule has 4 rings (SSSR count). The van der Waals surface area contributed by atoms with Gasteiger partial charge in [0.05, 0.1) is 32.6 Å². The molecule has 0 aliphatic carbocycles. The Morgan fingerprint density at radius 2 is 2.16 bits per heavy atom. The molecule has 2 aromatic heterocycles. The van der Waals surface area contributed by atoms with E-state index in [2.05, 4.69) is 15.3 Å². The second kappa shape index (κ2) is 6.85. The highest BCUT2D eigenvalue weighted by atomic mass is 35.5. The molecule has 8 heteroatoms. The summed E-state index contributed by atoms with van der Waals surface area (Å²) in [6.45, 7) is 2.03. The van der Waals surface area contributed by atoms with Gasteiger partial charge in [-0.3, -0.25) is 0 Å². The number of nitrogens with zero attached hydrogens (tertiary/aromatic N) is 2. The van der Waals surface area contributed by atoms with Crippen LogP contribution in [0.15, 0.2) is 34.9 Å². The molecule has 0 saturated carbocycles. The molecule has 1 aliphatic rings. The molecule has 6 nitrogen and oxygen atoms in total. The second-order valence-electron chi connectivity index (χ2n) is 5.76. The Morgan fingerprint density at radius 1 is 1.28 bits per heavy atom. The summed E-state index contributed by atoms with van der Waals surface area (Å²) in [5, 5.41) is 3.77. The van der Waals surface area contributed by atoms with Crippen LogP contribution in [0.3, 0.4) is 0 Å². The van der Waals surface area contributed by atoms with Crippen molar-refractivity contribution in [3.05, 3.63) is 47.4 Å². The lowest BCUT2D eigenvalue weighted by atomic mass is 10.1. The molecule has 3 aromatic rings. The van der Waals surface area contributed by atoms with Crippen molar-refractivity contribution in [2.45, 2.75) is 6.54 Å². The number of halogens is 2. The summed E-state index contributed by atoms with van der Waals surface area (Å²) in [6.07, 6.45) is 1.59. The van der Waals surface area contributed by atoms with Crippen LogP contribution in [0.25, 0.3) is 10.9 Å². The van der Waals surface area contributed by atoms with Crippen molar-refractivity contribution in [3.8, 4) is 5.75 Å². The van der Waals surface area contributed by atoms with Gasteiger partial charge in [0.1, 0.15) is 17.1 Å². The van der Waals surface area contributed by atoms with E-state index in [0.29, 0.717) is 43.1 Å². The number of hydrogen-bond acceptors (Lipinski definition) is 6. The van der Waals surface area contributed by atoms with E-state index in [-0.39, 0.29) is 17.0 Å². The van der Waals surface area contributed by atoms with Gasteiger partial charge < -0.3 is 19.2 Å². The molecule has 0 atom stereocenters. The smallest absolute Gasteiger partial charge is 0.225 e. The van der Waals surface area contributed by atoms with Crippen molar-refractivity contribution in [2.24, 2.45) is 5.92 Å². The van der Waals surface area contributed by atoms with Gasteiger partial charge in [0.2, 0.25) is 5.28 Å². The molecule has 0 amide bonds. The maximum atomic E-state index is 14.3. The summed E-state index contributed by atoms with van der Waals surface area (Å²) >= 11 is 6.03. The van der Waals surface area contributed by atoms with Gasteiger partial charge in [-0.25, -0.2) is 14.4 Å². The first-order valence-electron chi connectivity index (χ1n) is 7.83. The number of benzene rings is 1. The van der Waals surface area contributed by atoms with Gasteiger partial charge in [-0.1, -0.05) is 0 Å². The zero-order valence-electron chi connectivity index (χ0n) is 13.2. The van der Waals surface area contributed by atoms with E-state index in [1.807, 2.05) is 6.07 Å². The van der Waals surface area contributed by atoms with Gasteiger partial charge in [0.25, 0.3) is 0 Å². The fourth-order valence-corrected chi connectivity index (χ4v) is 2.73. The van der Waals surface area contributed by atoms with Gasteiger partial charge in [-0.05, 0) is 35.9 Å². The van der Waals surface area contributed by atoms with Gasteiger partial charge in [-0.15, -0.1) is 0 Å². The molecule has 1 fully saturated rings. The number of aromatic nitrogens is 2. The number of anilines is 1. The lowest BCUT2D eigenvalue weighted by Crippen LogP contribution is -2.32. The summed E-state index contributed by atoms with van der Waals surface area (Å²) in [7, 11) is 0. The van der Waals surface area contributed by atoms with Crippen LogP contribution in [0.4, 0.5) is 10.2 Å². The molecule has 1 aromatic carbocycles. The molecule has 3 heterocycles. The summed E-state index contributed by atoms with van der Waals surface area (Å²) in [6, 6.07) is 6.58. The van der Waals surface area contributed by atoms with E-state index in [4.69, 9.17) is 25.5 Å². The van der Waals surface area contributed by atoms with Crippen LogP contribution in [-0.2, 0) is 11.3 Å². The van der Waals surface area contributed by atoms with E-state index >= 15 is 0 Å². The first-order valence-corrected chi connectivity index (χ1v) is 8.21. The van der Waals surface area contributed by atoms with E-state index in [1.54, 1.807) is 18.4 Å². The minimum absolute atomic E-state index is 0.0110. The highest BCUT2D eigenvalue weighted by molar-refractivity contribution is 6.29. The summed E-state index contributed by atoms with van der Waals surface area (Å²) in [4.78, 5) is 8.36. The number of hydrogen-bond donors (Lipinski definition) is 1. The van der Waals surface area contributed by atoms with Crippen LogP contribution in [-0.4, -0.2) is 29.8 Å². The molecular weight excluding hydrogens is 349 g/mol. The quantitative estimate of drug-likeness (QED) is 0.674. The van der Waals surface area contributed by atoms with Gasteiger partial charge in [-0.2, -0.15) is 0 Å². The Hall–Kier alpha value is -2.38. The normalized spacial score (nSPS) is 14.5. The minimum atomic E-state index is -0.487. The van der Waals surface area contributed by atoms with Gasteiger partial charge in [0, 0.05) is 11.3 Å². The SMILES string of the molecule is Fc1ccc2c(NCc3ccco3)nc(Cl)nc2c1OCC1COC1. The fourth-order valence-electron chi connectivity index (χ4n) is 2.56. The van der Waals surface area contributed by atoms with Crippen LogP contribution in [0.5, 0.6) is 5.75 Å². The van der Waals surface area contributed by atoms with Crippen LogP contribution >= 0.6 is 11.6 Å². The van der Waals surface area contributed by atoms with Crippen LogP contribution in [0.1, 0.15) is 5.76 Å². The molecule has 0 radical (unpaired) electrons. The highest BCUT2D eigenvalue weighted by Gasteiger charge is 2.22. The number of ether oxygens (including phenoxy) is 2. The number of fused-ring (bicyclic) bond motifs is 1. The first-order chi connectivity index (χ1) is 12.2. The molecule has 1 aliphatic heterocycles. The molecule has 1 saturated heterocycles. The van der Waals surface area contributed by atoms with Crippen molar-refractivity contribution in [1.29, 1.82) is 0 Å². The third-order valence-electron chi connectivity index (χ3n) is 3.93. The van der Waals surface area contributed by atoms with E-state index in [1.165, 1.54) is 6.07 Å². The molecule has 0 unspecified atom stereocenters. The van der Waals surface area contributed by atoms with Crippen molar-refractivity contribution in [1.82, 2.24) is 9.97 Å². The Morgan fingerprint density at radius 3 is 2.88 bits per heavy atom. The Kier molecular flexibility index (Phi) is 4.42. The lowest BCUT2D eigenvalue weighted by molar-refractivity contribution is -0.0511. The minimum Gasteiger partial charge on any atom is -0.488 e. The third kappa shape index (κ3) is 3.38. The van der Waals surface area contributed by atoms with Crippen molar-refractivity contribution >= 4 is 28.3 Å². The van der Waals surface area contributed by atoms with E-state index in [0.717, 1.165) is 5.76 Å². The fraction of sp³-hybridized carbons (Fsp3) is 0.294. The molecular formula is C17H15ClFN3O3. The zero-order valence-corrected chi connectivity index (χ0v) is 13.9. The Balaban J connectivity index is 1.66. The van der Waals surface area contributed by atoms with Crippen LogP contribution in [0, 0.1) is 11.7 Å². The van der Waals surface area contributed by atoms with Crippen LogP contribution in [0.2, 0.25) is 5.28 Å². The Bertz CT molecular complexity index is 884. The van der Waals surface area contributed by atoms with E-state index in [9.17, 15) is 4.39 Å². The lowest BCUT2D eigenvalue weighted by Gasteiger charge is -2.26. The number of nitrogens with one attached hydrogen (secondary N) is 1. The van der Waals surface area contributed by atoms with E-state index < -0.39 is 5.82 Å². The Labute approximate surface area is 147 Å². The van der Waals surface area contributed by atoms with Crippen molar-refractivity contribution < 1.29 is 18.3 Å². The summed E-state index contributed by atoms with van der Waals surface area (Å²) in [5.74, 6) is 1.09. The zero-order chi connectivity index (χ0) is 17.2. The van der Waals surface area contributed by atoms with Gasteiger partial charge >= 0.3 is 0 Å². The average Bonchev–Trinajstić information content (AvgIpc) is 3.06. The molecule has 25 heavy (non-hydrogen) atoms. The summed E-state index contributed by atoms with van der Waals surface area (Å²) in [5.41, 5.74) is 0.335. The predicted octanol–water partition coefficient (Wildman–Crippen LogP) is 3.65. The summed E-state index contributed by atoms with van der Waals surface area (Å²) < 4.78 is 30.3. The highest BCUT2D eigenvalue weighted by Crippen LogP contribution is 2.32. The second-order valence-corrected chi connectivity index (χ2v) is 6.10. The number of rotatable bonds is 6. The molecule has 0 spiro atoms. The number of furan rings is 1. The van der Waals surface area contributed by atoms with Crippen LogP contribution < -0.4 is 10.1 Å².